The van der Waals surface area contributed by atoms with Gasteiger partial charge in [-0.15, -0.1) is 23.4 Å². The summed E-state index contributed by atoms with van der Waals surface area (Å²) >= 11 is 7.64. The Hall–Kier alpha value is -0.670. The molecule has 18 heavy (non-hydrogen) atoms. The number of rotatable bonds is 6. The Morgan fingerprint density at radius 2 is 2.11 bits per heavy atom. The van der Waals surface area contributed by atoms with Crippen molar-refractivity contribution in [1.82, 2.24) is 4.90 Å². The normalized spacial score (nSPS) is 19.5. The van der Waals surface area contributed by atoms with Crippen molar-refractivity contribution in [3.05, 3.63) is 30.3 Å². The Morgan fingerprint density at radius 3 is 2.78 bits per heavy atom. The van der Waals surface area contributed by atoms with E-state index >= 15 is 0 Å². The topological polar surface area (TPSA) is 20.3 Å². The molecule has 98 valence electrons. The van der Waals surface area contributed by atoms with E-state index in [2.05, 4.69) is 24.3 Å². The van der Waals surface area contributed by atoms with Crippen molar-refractivity contribution in [3.8, 4) is 0 Å². The van der Waals surface area contributed by atoms with Crippen LogP contribution in [0.1, 0.15) is 12.8 Å². The van der Waals surface area contributed by atoms with Gasteiger partial charge in [-0.3, -0.25) is 4.79 Å². The second kappa shape index (κ2) is 7.05. The maximum absolute atomic E-state index is 11.7. The van der Waals surface area contributed by atoms with Crippen molar-refractivity contribution < 1.29 is 4.79 Å². The molecule has 1 aromatic carbocycles. The number of nitrogens with zero attached hydrogens (tertiary/aromatic N) is 1. The summed E-state index contributed by atoms with van der Waals surface area (Å²) in [6.07, 6.45) is 1.68. The monoisotopic (exact) mass is 283 g/mol. The number of hydrogen-bond acceptors (Lipinski definition) is 2. The van der Waals surface area contributed by atoms with Gasteiger partial charge in [-0.2, -0.15) is 0 Å². The maximum Gasteiger partial charge on any atom is 0.222 e. The summed E-state index contributed by atoms with van der Waals surface area (Å²) < 4.78 is 0. The molecule has 1 aromatic rings. The van der Waals surface area contributed by atoms with Crippen molar-refractivity contribution in [1.29, 1.82) is 0 Å². The van der Waals surface area contributed by atoms with Crippen LogP contribution in [0.4, 0.5) is 0 Å². The lowest BCUT2D eigenvalue weighted by Gasteiger charge is -2.15. The van der Waals surface area contributed by atoms with Gasteiger partial charge < -0.3 is 4.90 Å². The van der Waals surface area contributed by atoms with E-state index in [4.69, 9.17) is 11.6 Å². The van der Waals surface area contributed by atoms with Gasteiger partial charge in [0.15, 0.2) is 0 Å². The number of hydrogen-bond donors (Lipinski definition) is 0. The van der Waals surface area contributed by atoms with Gasteiger partial charge in [-0.05, 0) is 30.2 Å². The molecule has 1 amide bonds. The summed E-state index contributed by atoms with van der Waals surface area (Å²) in [4.78, 5) is 14.9. The first-order chi connectivity index (χ1) is 8.79. The molecule has 1 atom stereocenters. The zero-order valence-corrected chi connectivity index (χ0v) is 11.9. The highest BCUT2D eigenvalue weighted by Crippen LogP contribution is 2.21. The molecular weight excluding hydrogens is 266 g/mol. The molecule has 1 fully saturated rings. The summed E-state index contributed by atoms with van der Waals surface area (Å²) in [5.41, 5.74) is 0. The second-order valence-corrected chi connectivity index (χ2v) is 6.06. The summed E-state index contributed by atoms with van der Waals surface area (Å²) in [6, 6.07) is 10.4. The van der Waals surface area contributed by atoms with Crippen LogP contribution in [-0.4, -0.2) is 35.5 Å². The molecule has 4 heteroatoms. The molecule has 0 aliphatic carbocycles. The number of amides is 1. The molecule has 0 radical (unpaired) electrons. The van der Waals surface area contributed by atoms with E-state index in [1.54, 1.807) is 0 Å². The van der Waals surface area contributed by atoms with Crippen LogP contribution in [0, 0.1) is 5.92 Å². The molecular formula is C14H18ClNOS. The molecule has 2 rings (SSSR count). The Kier molecular flexibility index (Phi) is 5.39. The number of benzene rings is 1. The summed E-state index contributed by atoms with van der Waals surface area (Å²) in [5.74, 6) is 2.28. The van der Waals surface area contributed by atoms with E-state index in [1.165, 1.54) is 4.90 Å². The highest BCUT2D eigenvalue weighted by molar-refractivity contribution is 7.99. The van der Waals surface area contributed by atoms with Crippen molar-refractivity contribution in [2.24, 2.45) is 5.92 Å². The number of carbonyl (C=O) groups excluding carboxylic acids is 1. The van der Waals surface area contributed by atoms with Crippen LogP contribution in [0.25, 0.3) is 0 Å². The predicted octanol–water partition coefficient (Wildman–Crippen LogP) is 3.26. The number of alkyl halides is 1. The number of carbonyl (C=O) groups is 1. The first-order valence-electron chi connectivity index (χ1n) is 6.31. The SMILES string of the molecule is O=C1CC(CCl)CN1CCCSc1ccccc1. The third kappa shape index (κ3) is 3.92. The molecule has 0 aromatic heterocycles. The zero-order valence-electron chi connectivity index (χ0n) is 10.3. The Morgan fingerprint density at radius 1 is 1.33 bits per heavy atom. The first-order valence-corrected chi connectivity index (χ1v) is 7.83. The van der Waals surface area contributed by atoms with Gasteiger partial charge in [0.2, 0.25) is 5.91 Å². The van der Waals surface area contributed by atoms with Crippen LogP contribution in [0.5, 0.6) is 0 Å². The highest BCUT2D eigenvalue weighted by Gasteiger charge is 2.28. The van der Waals surface area contributed by atoms with Gasteiger partial charge in [0, 0.05) is 30.3 Å². The number of likely N-dealkylation sites (tertiary alicyclic amines) is 1. The quantitative estimate of drug-likeness (QED) is 0.454. The van der Waals surface area contributed by atoms with E-state index < -0.39 is 0 Å². The van der Waals surface area contributed by atoms with Crippen LogP contribution in [-0.2, 0) is 4.79 Å². The van der Waals surface area contributed by atoms with E-state index in [9.17, 15) is 4.79 Å². The minimum Gasteiger partial charge on any atom is -0.342 e. The van der Waals surface area contributed by atoms with E-state index in [-0.39, 0.29) is 5.91 Å². The predicted molar refractivity (Wildman–Crippen MR) is 77.2 cm³/mol. The largest absolute Gasteiger partial charge is 0.342 e. The zero-order chi connectivity index (χ0) is 12.8. The van der Waals surface area contributed by atoms with Crippen molar-refractivity contribution in [2.75, 3.05) is 24.7 Å². The van der Waals surface area contributed by atoms with Crippen molar-refractivity contribution >= 4 is 29.3 Å². The van der Waals surface area contributed by atoms with Crippen LogP contribution in [0.15, 0.2) is 35.2 Å². The summed E-state index contributed by atoms with van der Waals surface area (Å²) in [5, 5.41) is 0. The van der Waals surface area contributed by atoms with Gasteiger partial charge in [-0.1, -0.05) is 18.2 Å². The maximum atomic E-state index is 11.7. The molecule has 2 nitrogen and oxygen atoms in total. The fourth-order valence-electron chi connectivity index (χ4n) is 2.14. The van der Waals surface area contributed by atoms with Crippen molar-refractivity contribution in [2.45, 2.75) is 17.7 Å². The standard InChI is InChI=1S/C14H18ClNOS/c15-10-12-9-14(17)16(11-12)7-4-8-18-13-5-2-1-3-6-13/h1-3,5-6,12H,4,7-11H2. The van der Waals surface area contributed by atoms with Crippen LogP contribution < -0.4 is 0 Å². The second-order valence-electron chi connectivity index (χ2n) is 4.58. The molecule has 1 unspecified atom stereocenters. The number of thioether (sulfide) groups is 1. The molecule has 1 aliphatic heterocycles. The Labute approximate surface area is 118 Å². The molecule has 1 heterocycles. The minimum absolute atomic E-state index is 0.269. The van der Waals surface area contributed by atoms with Gasteiger partial charge in [0.25, 0.3) is 0 Å². The fourth-order valence-corrected chi connectivity index (χ4v) is 3.20. The lowest BCUT2D eigenvalue weighted by Crippen LogP contribution is -2.26. The fraction of sp³-hybridized carbons (Fsp3) is 0.500. The minimum atomic E-state index is 0.269. The van der Waals surface area contributed by atoms with Gasteiger partial charge in [0.05, 0.1) is 0 Å². The first kappa shape index (κ1) is 13.8. The lowest BCUT2D eigenvalue weighted by atomic mass is 10.1. The molecule has 1 saturated heterocycles. The smallest absolute Gasteiger partial charge is 0.222 e. The number of halogens is 1. The Bertz CT molecular complexity index is 385. The van der Waals surface area contributed by atoms with Crippen LogP contribution in [0.2, 0.25) is 0 Å². The molecule has 0 N–H and O–H groups in total. The van der Waals surface area contributed by atoms with E-state index in [1.807, 2.05) is 22.7 Å². The van der Waals surface area contributed by atoms with Crippen LogP contribution >= 0.6 is 23.4 Å². The van der Waals surface area contributed by atoms with Crippen molar-refractivity contribution in [3.63, 3.8) is 0 Å². The molecule has 1 aliphatic rings. The average molecular weight is 284 g/mol. The van der Waals surface area contributed by atoms with Gasteiger partial charge in [-0.25, -0.2) is 0 Å². The average Bonchev–Trinajstić information content (AvgIpc) is 2.77. The van der Waals surface area contributed by atoms with E-state index in [0.29, 0.717) is 18.2 Å². The molecule has 0 bridgehead atoms. The summed E-state index contributed by atoms with van der Waals surface area (Å²) in [7, 11) is 0. The van der Waals surface area contributed by atoms with Crippen LogP contribution in [0.3, 0.4) is 0 Å². The third-order valence-corrected chi connectivity index (χ3v) is 4.63. The Balaban J connectivity index is 1.65. The van der Waals surface area contributed by atoms with E-state index in [0.717, 1.165) is 25.3 Å². The summed E-state index contributed by atoms with van der Waals surface area (Å²) in [6.45, 7) is 1.71. The molecule has 0 spiro atoms. The van der Waals surface area contributed by atoms with Gasteiger partial charge >= 0.3 is 0 Å². The molecule has 0 saturated carbocycles. The lowest BCUT2D eigenvalue weighted by molar-refractivity contribution is -0.127. The van der Waals surface area contributed by atoms with Gasteiger partial charge in [0.1, 0.15) is 0 Å². The highest BCUT2D eigenvalue weighted by atomic mass is 35.5. The third-order valence-electron chi connectivity index (χ3n) is 3.10.